The van der Waals surface area contributed by atoms with E-state index in [0.717, 1.165) is 30.9 Å². The van der Waals surface area contributed by atoms with Gasteiger partial charge in [-0.25, -0.2) is 4.39 Å². The van der Waals surface area contributed by atoms with Gasteiger partial charge in [-0.15, -0.1) is 0 Å². The van der Waals surface area contributed by atoms with Gasteiger partial charge in [-0.2, -0.15) is 0 Å². The summed E-state index contributed by atoms with van der Waals surface area (Å²) < 4.78 is 12.8. The van der Waals surface area contributed by atoms with Crippen LogP contribution in [0.15, 0.2) is 24.3 Å². The predicted octanol–water partition coefficient (Wildman–Crippen LogP) is 3.75. The van der Waals surface area contributed by atoms with Gasteiger partial charge >= 0.3 is 0 Å². The number of nitrogens with zero attached hydrogens (tertiary/aromatic N) is 1. The molecular weight excluding hydrogens is 241 g/mol. The topological polar surface area (TPSA) is 20.3 Å². The van der Waals surface area contributed by atoms with Gasteiger partial charge in [0.05, 0.1) is 0 Å². The normalized spacial score (nSPS) is 16.3. The maximum absolute atomic E-state index is 12.8. The number of carbonyl (C=O) groups is 1. The number of hydrogen-bond donors (Lipinski definition) is 0. The third-order valence-electron chi connectivity index (χ3n) is 4.00. The Bertz CT molecular complexity index is 384. The Morgan fingerprint density at radius 2 is 1.84 bits per heavy atom. The molecule has 1 aromatic carbocycles. The summed E-state index contributed by atoms with van der Waals surface area (Å²) in [5, 5.41) is 0. The lowest BCUT2D eigenvalue weighted by Crippen LogP contribution is -2.25. The molecular formula is C16H22FNO. The first kappa shape index (κ1) is 14.0. The standard InChI is InChI=1S/C16H22FNO/c17-16-8-6-15(7-9-16)12-18(13-19)11-10-14-4-2-1-3-5-14/h6-9,13-14H,1-5,10-12H2. The predicted molar refractivity (Wildman–Crippen MR) is 74.1 cm³/mol. The maximum Gasteiger partial charge on any atom is 0.210 e. The molecule has 19 heavy (non-hydrogen) atoms. The summed E-state index contributed by atoms with van der Waals surface area (Å²) in [5.74, 6) is 0.549. The van der Waals surface area contributed by atoms with Crippen molar-refractivity contribution in [3.8, 4) is 0 Å². The van der Waals surface area contributed by atoms with Gasteiger partial charge in [0.15, 0.2) is 0 Å². The van der Waals surface area contributed by atoms with E-state index in [-0.39, 0.29) is 5.82 Å². The Hall–Kier alpha value is -1.38. The zero-order valence-electron chi connectivity index (χ0n) is 11.4. The molecule has 1 saturated carbocycles. The summed E-state index contributed by atoms with van der Waals surface area (Å²) in [7, 11) is 0. The highest BCUT2D eigenvalue weighted by Gasteiger charge is 2.14. The third-order valence-corrected chi connectivity index (χ3v) is 4.00. The van der Waals surface area contributed by atoms with Crippen LogP contribution in [0.2, 0.25) is 0 Å². The van der Waals surface area contributed by atoms with Crippen LogP contribution in [-0.4, -0.2) is 17.9 Å². The molecule has 0 unspecified atom stereocenters. The van der Waals surface area contributed by atoms with Gasteiger partial charge in [-0.1, -0.05) is 44.2 Å². The molecule has 0 spiro atoms. The molecule has 1 amide bonds. The van der Waals surface area contributed by atoms with E-state index in [1.165, 1.54) is 44.2 Å². The number of benzene rings is 1. The van der Waals surface area contributed by atoms with E-state index < -0.39 is 0 Å². The second kappa shape index (κ2) is 7.27. The summed E-state index contributed by atoms with van der Waals surface area (Å²) in [6, 6.07) is 6.37. The lowest BCUT2D eigenvalue weighted by molar-refractivity contribution is -0.118. The van der Waals surface area contributed by atoms with Crippen LogP contribution in [0.25, 0.3) is 0 Å². The van der Waals surface area contributed by atoms with Crippen LogP contribution in [0.5, 0.6) is 0 Å². The highest BCUT2D eigenvalue weighted by atomic mass is 19.1. The van der Waals surface area contributed by atoms with Gasteiger partial charge in [0.25, 0.3) is 0 Å². The Morgan fingerprint density at radius 3 is 2.47 bits per heavy atom. The molecule has 1 aliphatic carbocycles. The fourth-order valence-corrected chi connectivity index (χ4v) is 2.82. The molecule has 0 radical (unpaired) electrons. The van der Waals surface area contributed by atoms with Crippen molar-refractivity contribution in [3.63, 3.8) is 0 Å². The molecule has 1 aliphatic rings. The van der Waals surface area contributed by atoms with Crippen LogP contribution < -0.4 is 0 Å². The maximum atomic E-state index is 12.8. The molecule has 0 bridgehead atoms. The molecule has 104 valence electrons. The molecule has 0 aromatic heterocycles. The van der Waals surface area contributed by atoms with Crippen molar-refractivity contribution in [2.24, 2.45) is 5.92 Å². The molecule has 0 N–H and O–H groups in total. The lowest BCUT2D eigenvalue weighted by atomic mass is 9.87. The molecule has 0 aliphatic heterocycles. The summed E-state index contributed by atoms with van der Waals surface area (Å²) in [6.45, 7) is 1.39. The number of rotatable bonds is 6. The highest BCUT2D eigenvalue weighted by molar-refractivity contribution is 5.47. The SMILES string of the molecule is O=CN(CCC1CCCCC1)Cc1ccc(F)cc1. The van der Waals surface area contributed by atoms with Crippen molar-refractivity contribution in [2.45, 2.75) is 45.1 Å². The minimum absolute atomic E-state index is 0.233. The Balaban J connectivity index is 1.79. The van der Waals surface area contributed by atoms with E-state index in [1.54, 1.807) is 17.0 Å². The van der Waals surface area contributed by atoms with Crippen molar-refractivity contribution >= 4 is 6.41 Å². The molecule has 1 aromatic rings. The van der Waals surface area contributed by atoms with Crippen molar-refractivity contribution in [1.29, 1.82) is 0 Å². The second-order valence-corrected chi connectivity index (χ2v) is 5.50. The molecule has 2 nitrogen and oxygen atoms in total. The van der Waals surface area contributed by atoms with E-state index in [4.69, 9.17) is 0 Å². The lowest BCUT2D eigenvalue weighted by Gasteiger charge is -2.24. The van der Waals surface area contributed by atoms with Gasteiger partial charge in [-0.3, -0.25) is 4.79 Å². The summed E-state index contributed by atoms with van der Waals surface area (Å²) in [5.41, 5.74) is 0.983. The van der Waals surface area contributed by atoms with Gasteiger partial charge in [0.1, 0.15) is 5.82 Å². The van der Waals surface area contributed by atoms with Crippen LogP contribution in [0.1, 0.15) is 44.1 Å². The number of hydrogen-bond acceptors (Lipinski definition) is 1. The van der Waals surface area contributed by atoms with E-state index >= 15 is 0 Å². The smallest absolute Gasteiger partial charge is 0.210 e. The van der Waals surface area contributed by atoms with E-state index in [2.05, 4.69) is 0 Å². The van der Waals surface area contributed by atoms with Gasteiger partial charge < -0.3 is 4.90 Å². The Morgan fingerprint density at radius 1 is 1.16 bits per heavy atom. The summed E-state index contributed by atoms with van der Waals surface area (Å²) in [6.07, 6.45) is 8.66. The first-order valence-electron chi connectivity index (χ1n) is 7.22. The minimum atomic E-state index is -0.233. The first-order valence-corrected chi connectivity index (χ1v) is 7.22. The molecule has 0 heterocycles. The van der Waals surface area contributed by atoms with Crippen molar-refractivity contribution in [3.05, 3.63) is 35.6 Å². The number of amides is 1. The molecule has 2 rings (SSSR count). The molecule has 0 saturated heterocycles. The van der Waals surface area contributed by atoms with Crippen LogP contribution >= 0.6 is 0 Å². The molecule has 3 heteroatoms. The second-order valence-electron chi connectivity index (χ2n) is 5.50. The number of carbonyl (C=O) groups excluding carboxylic acids is 1. The van der Waals surface area contributed by atoms with Gasteiger partial charge in [-0.05, 0) is 30.0 Å². The van der Waals surface area contributed by atoms with E-state index in [0.29, 0.717) is 6.54 Å². The summed E-state index contributed by atoms with van der Waals surface area (Å²) in [4.78, 5) is 12.9. The fourth-order valence-electron chi connectivity index (χ4n) is 2.82. The number of halogens is 1. The van der Waals surface area contributed by atoms with Crippen molar-refractivity contribution in [1.82, 2.24) is 4.90 Å². The monoisotopic (exact) mass is 263 g/mol. The first-order chi connectivity index (χ1) is 9.28. The minimum Gasteiger partial charge on any atom is -0.341 e. The zero-order valence-corrected chi connectivity index (χ0v) is 11.4. The Labute approximate surface area is 114 Å². The van der Waals surface area contributed by atoms with Gasteiger partial charge in [0.2, 0.25) is 6.41 Å². The van der Waals surface area contributed by atoms with Crippen LogP contribution in [-0.2, 0) is 11.3 Å². The van der Waals surface area contributed by atoms with Gasteiger partial charge in [0, 0.05) is 13.1 Å². The highest BCUT2D eigenvalue weighted by Crippen LogP contribution is 2.26. The van der Waals surface area contributed by atoms with Crippen molar-refractivity contribution < 1.29 is 9.18 Å². The molecule has 1 fully saturated rings. The average molecular weight is 263 g/mol. The third kappa shape index (κ3) is 4.66. The van der Waals surface area contributed by atoms with Crippen LogP contribution in [0.3, 0.4) is 0 Å². The van der Waals surface area contributed by atoms with Crippen molar-refractivity contribution in [2.75, 3.05) is 6.54 Å². The van der Waals surface area contributed by atoms with Crippen LogP contribution in [0, 0.1) is 11.7 Å². The average Bonchev–Trinajstić information content (AvgIpc) is 2.46. The van der Waals surface area contributed by atoms with E-state index in [1.807, 2.05) is 0 Å². The van der Waals surface area contributed by atoms with Crippen LogP contribution in [0.4, 0.5) is 4.39 Å². The summed E-state index contributed by atoms with van der Waals surface area (Å²) >= 11 is 0. The molecule has 0 atom stereocenters. The quantitative estimate of drug-likeness (QED) is 0.716. The Kier molecular flexibility index (Phi) is 5.37. The largest absolute Gasteiger partial charge is 0.341 e. The zero-order chi connectivity index (χ0) is 13.5. The van der Waals surface area contributed by atoms with E-state index in [9.17, 15) is 9.18 Å². The fraction of sp³-hybridized carbons (Fsp3) is 0.562.